The summed E-state index contributed by atoms with van der Waals surface area (Å²) in [7, 11) is 1.93. The van der Waals surface area contributed by atoms with E-state index in [1.54, 1.807) is 6.20 Å². The van der Waals surface area contributed by atoms with Crippen molar-refractivity contribution in [1.29, 1.82) is 0 Å². The van der Waals surface area contributed by atoms with Gasteiger partial charge in [0, 0.05) is 24.8 Å². The second-order valence-corrected chi connectivity index (χ2v) is 4.35. The molecule has 0 fully saturated rings. The number of benzene rings is 1. The van der Waals surface area contributed by atoms with Crippen LogP contribution in [0.5, 0.6) is 0 Å². The van der Waals surface area contributed by atoms with Crippen LogP contribution in [0, 0.1) is 0 Å². The standard InChI is InChI=1S/C13H12Cl2N2/c1-17(11-5-3-2-4-6-11)13-12(15)7-10(8-14)9-16-13/h2-7,9H,8H2,1H3. The topological polar surface area (TPSA) is 16.1 Å². The molecular formula is C13H12Cl2N2. The van der Waals surface area contributed by atoms with E-state index >= 15 is 0 Å². The number of rotatable bonds is 3. The molecule has 1 aromatic carbocycles. The van der Waals surface area contributed by atoms with E-state index in [2.05, 4.69) is 4.98 Å². The number of alkyl halides is 1. The Hall–Kier alpha value is -1.25. The van der Waals surface area contributed by atoms with Crippen LogP contribution in [0.1, 0.15) is 5.56 Å². The Bertz CT molecular complexity index is 500. The molecule has 0 saturated carbocycles. The van der Waals surface area contributed by atoms with Crippen LogP contribution in [0.25, 0.3) is 0 Å². The maximum Gasteiger partial charge on any atom is 0.151 e. The number of aromatic nitrogens is 1. The highest BCUT2D eigenvalue weighted by Gasteiger charge is 2.09. The average Bonchev–Trinajstić information content (AvgIpc) is 2.39. The van der Waals surface area contributed by atoms with Crippen LogP contribution in [0.2, 0.25) is 5.02 Å². The first kappa shape index (κ1) is 12.2. The fourth-order valence-electron chi connectivity index (χ4n) is 1.56. The van der Waals surface area contributed by atoms with Crippen LogP contribution in [-0.4, -0.2) is 12.0 Å². The van der Waals surface area contributed by atoms with Crippen molar-refractivity contribution in [3.05, 3.63) is 53.2 Å². The molecule has 0 spiro atoms. The van der Waals surface area contributed by atoms with Crippen molar-refractivity contribution < 1.29 is 0 Å². The molecule has 0 radical (unpaired) electrons. The molecule has 1 aromatic heterocycles. The molecule has 0 amide bonds. The normalized spacial score (nSPS) is 10.3. The molecule has 4 heteroatoms. The lowest BCUT2D eigenvalue weighted by molar-refractivity contribution is 1.11. The highest BCUT2D eigenvalue weighted by molar-refractivity contribution is 6.33. The third-order valence-electron chi connectivity index (χ3n) is 2.49. The summed E-state index contributed by atoms with van der Waals surface area (Å²) in [4.78, 5) is 6.28. The van der Waals surface area contributed by atoms with Crippen molar-refractivity contribution in [3.63, 3.8) is 0 Å². The second-order valence-electron chi connectivity index (χ2n) is 3.68. The zero-order valence-corrected chi connectivity index (χ0v) is 10.9. The molecule has 2 aromatic rings. The van der Waals surface area contributed by atoms with Crippen LogP contribution in [0.4, 0.5) is 11.5 Å². The first-order valence-corrected chi connectivity index (χ1v) is 6.13. The monoisotopic (exact) mass is 266 g/mol. The van der Waals surface area contributed by atoms with Gasteiger partial charge in [0.1, 0.15) is 0 Å². The molecule has 0 aliphatic carbocycles. The highest BCUT2D eigenvalue weighted by Crippen LogP contribution is 2.28. The number of pyridine rings is 1. The minimum absolute atomic E-state index is 0.419. The molecule has 0 bridgehead atoms. The van der Waals surface area contributed by atoms with Gasteiger partial charge in [-0.3, -0.25) is 0 Å². The summed E-state index contributed by atoms with van der Waals surface area (Å²) < 4.78 is 0. The van der Waals surface area contributed by atoms with Gasteiger partial charge in [0.25, 0.3) is 0 Å². The Morgan fingerprint density at radius 2 is 1.94 bits per heavy atom. The third-order valence-corrected chi connectivity index (χ3v) is 3.08. The minimum Gasteiger partial charge on any atom is -0.328 e. The van der Waals surface area contributed by atoms with E-state index in [0.29, 0.717) is 10.9 Å². The lowest BCUT2D eigenvalue weighted by atomic mass is 10.2. The SMILES string of the molecule is CN(c1ccccc1)c1ncc(CCl)cc1Cl. The first-order valence-electron chi connectivity index (χ1n) is 5.21. The molecule has 2 rings (SSSR count). The van der Waals surface area contributed by atoms with Gasteiger partial charge in [-0.1, -0.05) is 29.8 Å². The van der Waals surface area contributed by atoms with Gasteiger partial charge in [0.05, 0.1) is 5.02 Å². The molecule has 17 heavy (non-hydrogen) atoms. The summed E-state index contributed by atoms with van der Waals surface area (Å²) in [6, 6.07) is 11.8. The summed E-state index contributed by atoms with van der Waals surface area (Å²) in [6.07, 6.45) is 1.74. The van der Waals surface area contributed by atoms with Crippen molar-refractivity contribution in [1.82, 2.24) is 4.98 Å². The van der Waals surface area contributed by atoms with E-state index in [1.165, 1.54) is 0 Å². The number of anilines is 2. The van der Waals surface area contributed by atoms with Gasteiger partial charge in [-0.25, -0.2) is 4.98 Å². The van der Waals surface area contributed by atoms with Crippen LogP contribution in [0.3, 0.4) is 0 Å². The van der Waals surface area contributed by atoms with Crippen molar-refractivity contribution in [2.45, 2.75) is 5.88 Å². The van der Waals surface area contributed by atoms with Gasteiger partial charge in [0.15, 0.2) is 5.82 Å². The fraction of sp³-hybridized carbons (Fsp3) is 0.154. The summed E-state index contributed by atoms with van der Waals surface area (Å²) in [5.41, 5.74) is 1.96. The molecular weight excluding hydrogens is 255 g/mol. The predicted molar refractivity (Wildman–Crippen MR) is 73.3 cm³/mol. The summed E-state index contributed by atoms with van der Waals surface area (Å²) in [5.74, 6) is 1.15. The van der Waals surface area contributed by atoms with E-state index in [1.807, 2.05) is 48.3 Å². The molecule has 1 heterocycles. The molecule has 0 aliphatic rings. The zero-order valence-electron chi connectivity index (χ0n) is 9.40. The fourth-order valence-corrected chi connectivity index (χ4v) is 2.03. The van der Waals surface area contributed by atoms with E-state index in [4.69, 9.17) is 23.2 Å². The van der Waals surface area contributed by atoms with Crippen LogP contribution in [0.15, 0.2) is 42.6 Å². The zero-order chi connectivity index (χ0) is 12.3. The highest BCUT2D eigenvalue weighted by atomic mass is 35.5. The van der Waals surface area contributed by atoms with Gasteiger partial charge >= 0.3 is 0 Å². The predicted octanol–water partition coefficient (Wildman–Crippen LogP) is 4.24. The number of hydrogen-bond donors (Lipinski definition) is 0. The molecule has 0 atom stereocenters. The Labute approximate surface area is 111 Å². The van der Waals surface area contributed by atoms with Crippen molar-refractivity contribution in [3.8, 4) is 0 Å². The Balaban J connectivity index is 2.34. The maximum atomic E-state index is 6.19. The van der Waals surface area contributed by atoms with Crippen LogP contribution in [-0.2, 0) is 5.88 Å². The molecule has 88 valence electrons. The second kappa shape index (κ2) is 5.39. The Morgan fingerprint density at radius 3 is 2.53 bits per heavy atom. The van der Waals surface area contributed by atoms with E-state index < -0.39 is 0 Å². The van der Waals surface area contributed by atoms with Gasteiger partial charge in [-0.15, -0.1) is 11.6 Å². The van der Waals surface area contributed by atoms with Crippen LogP contribution < -0.4 is 4.90 Å². The van der Waals surface area contributed by atoms with E-state index in [9.17, 15) is 0 Å². The number of para-hydroxylation sites is 1. The molecule has 0 aliphatic heterocycles. The Kier molecular flexibility index (Phi) is 3.87. The summed E-state index contributed by atoms with van der Waals surface area (Å²) in [5, 5.41) is 0.606. The van der Waals surface area contributed by atoms with Crippen molar-refractivity contribution in [2.75, 3.05) is 11.9 Å². The number of halogens is 2. The van der Waals surface area contributed by atoms with Gasteiger partial charge < -0.3 is 4.90 Å². The van der Waals surface area contributed by atoms with Crippen LogP contribution >= 0.6 is 23.2 Å². The smallest absolute Gasteiger partial charge is 0.151 e. The number of hydrogen-bond acceptors (Lipinski definition) is 2. The summed E-state index contributed by atoms with van der Waals surface area (Å²) in [6.45, 7) is 0. The van der Waals surface area contributed by atoms with Gasteiger partial charge in [0.2, 0.25) is 0 Å². The van der Waals surface area contributed by atoms with Gasteiger partial charge in [-0.2, -0.15) is 0 Å². The van der Waals surface area contributed by atoms with E-state index in [-0.39, 0.29) is 0 Å². The average molecular weight is 267 g/mol. The lowest BCUT2D eigenvalue weighted by Gasteiger charge is -2.19. The quantitative estimate of drug-likeness (QED) is 0.773. The summed E-state index contributed by atoms with van der Waals surface area (Å²) >= 11 is 11.9. The molecule has 2 nitrogen and oxygen atoms in total. The molecule has 0 saturated heterocycles. The van der Waals surface area contributed by atoms with Crippen molar-refractivity contribution in [2.24, 2.45) is 0 Å². The first-order chi connectivity index (χ1) is 8.22. The molecule has 0 N–H and O–H groups in total. The lowest BCUT2D eigenvalue weighted by Crippen LogP contribution is -2.11. The van der Waals surface area contributed by atoms with E-state index in [0.717, 1.165) is 17.1 Å². The minimum atomic E-state index is 0.419. The molecule has 0 unspecified atom stereocenters. The largest absolute Gasteiger partial charge is 0.328 e. The maximum absolute atomic E-state index is 6.19. The Morgan fingerprint density at radius 1 is 1.24 bits per heavy atom. The number of nitrogens with zero attached hydrogens (tertiary/aromatic N) is 2. The van der Waals surface area contributed by atoms with Gasteiger partial charge in [-0.05, 0) is 23.8 Å². The van der Waals surface area contributed by atoms with Crippen molar-refractivity contribution >= 4 is 34.7 Å². The third kappa shape index (κ3) is 2.71.